The molecule has 2 heterocycles. The molecule has 2 aliphatic rings. The molecule has 5 heteroatoms. The molecule has 0 bridgehead atoms. The second-order valence-electron chi connectivity index (χ2n) is 5.14. The van der Waals surface area contributed by atoms with E-state index in [0.29, 0.717) is 17.7 Å². The van der Waals surface area contributed by atoms with Crippen molar-refractivity contribution < 1.29 is 9.26 Å². The Balaban J connectivity index is 1.60. The Hall–Kier alpha value is -0.940. The third-order valence-electron chi connectivity index (χ3n) is 3.71. The first-order valence-electron chi connectivity index (χ1n) is 6.49. The van der Waals surface area contributed by atoms with Gasteiger partial charge in [-0.25, -0.2) is 0 Å². The summed E-state index contributed by atoms with van der Waals surface area (Å²) in [6.07, 6.45) is 5.21. The second-order valence-corrected chi connectivity index (χ2v) is 5.14. The lowest BCUT2D eigenvalue weighted by molar-refractivity contribution is 0.0830. The van der Waals surface area contributed by atoms with Crippen LogP contribution in [0, 0.1) is 5.92 Å². The molecule has 1 aromatic rings. The van der Waals surface area contributed by atoms with E-state index in [0.717, 1.165) is 38.3 Å². The number of rotatable bonds is 4. The zero-order chi connectivity index (χ0) is 11.7. The quantitative estimate of drug-likeness (QED) is 0.852. The summed E-state index contributed by atoms with van der Waals surface area (Å²) in [5.41, 5.74) is 6.05. The molecule has 3 rings (SSSR count). The SMILES string of the molecule is NC(Cc1nc(C2CCOCC2)no1)C1CC1. The Morgan fingerprint density at radius 2 is 2.00 bits per heavy atom. The van der Waals surface area contributed by atoms with Gasteiger partial charge in [0.25, 0.3) is 0 Å². The molecule has 1 aliphatic carbocycles. The smallest absolute Gasteiger partial charge is 0.228 e. The van der Waals surface area contributed by atoms with E-state index in [9.17, 15) is 0 Å². The molecule has 5 nitrogen and oxygen atoms in total. The van der Waals surface area contributed by atoms with Crippen LogP contribution in [0.5, 0.6) is 0 Å². The third-order valence-corrected chi connectivity index (χ3v) is 3.71. The summed E-state index contributed by atoms with van der Waals surface area (Å²) in [4.78, 5) is 4.47. The average Bonchev–Trinajstić information content (AvgIpc) is 3.12. The van der Waals surface area contributed by atoms with Crippen LogP contribution in [-0.4, -0.2) is 29.4 Å². The van der Waals surface area contributed by atoms with E-state index in [1.54, 1.807) is 0 Å². The van der Waals surface area contributed by atoms with E-state index in [1.165, 1.54) is 12.8 Å². The highest BCUT2D eigenvalue weighted by atomic mass is 16.5. The Bertz CT molecular complexity index is 370. The Morgan fingerprint density at radius 3 is 2.71 bits per heavy atom. The minimum Gasteiger partial charge on any atom is -0.381 e. The molecule has 0 spiro atoms. The van der Waals surface area contributed by atoms with Gasteiger partial charge in [0, 0.05) is 31.6 Å². The monoisotopic (exact) mass is 237 g/mol. The molecule has 1 saturated carbocycles. The largest absolute Gasteiger partial charge is 0.381 e. The lowest BCUT2D eigenvalue weighted by atomic mass is 10.00. The zero-order valence-electron chi connectivity index (χ0n) is 9.97. The van der Waals surface area contributed by atoms with Crippen molar-refractivity contribution in [3.63, 3.8) is 0 Å². The van der Waals surface area contributed by atoms with Gasteiger partial charge in [-0.2, -0.15) is 4.98 Å². The fourth-order valence-corrected chi connectivity index (χ4v) is 2.37. The Kier molecular flexibility index (Phi) is 3.11. The first kappa shape index (κ1) is 11.2. The van der Waals surface area contributed by atoms with Crippen LogP contribution in [0.4, 0.5) is 0 Å². The number of nitrogens with two attached hydrogens (primary N) is 1. The summed E-state index contributed by atoms with van der Waals surface area (Å²) in [6.45, 7) is 1.60. The van der Waals surface area contributed by atoms with E-state index in [4.69, 9.17) is 15.0 Å². The summed E-state index contributed by atoms with van der Waals surface area (Å²) in [7, 11) is 0. The fourth-order valence-electron chi connectivity index (χ4n) is 2.37. The van der Waals surface area contributed by atoms with Gasteiger partial charge in [0.1, 0.15) is 0 Å². The van der Waals surface area contributed by atoms with Gasteiger partial charge in [0.15, 0.2) is 5.82 Å². The van der Waals surface area contributed by atoms with Crippen molar-refractivity contribution in [2.75, 3.05) is 13.2 Å². The average molecular weight is 237 g/mol. The number of nitrogens with zero attached hydrogens (tertiary/aromatic N) is 2. The number of ether oxygens (including phenoxy) is 1. The number of aromatic nitrogens is 2. The maximum atomic E-state index is 6.05. The highest BCUT2D eigenvalue weighted by Gasteiger charge is 2.30. The highest BCUT2D eigenvalue weighted by Crippen LogP contribution is 2.33. The molecule has 1 unspecified atom stereocenters. The molecular formula is C12H19N3O2. The van der Waals surface area contributed by atoms with E-state index in [1.807, 2.05) is 0 Å². The van der Waals surface area contributed by atoms with Crippen molar-refractivity contribution in [1.29, 1.82) is 0 Å². The number of hydrogen-bond donors (Lipinski definition) is 1. The number of hydrogen-bond acceptors (Lipinski definition) is 5. The summed E-state index contributed by atoms with van der Waals surface area (Å²) in [6, 6.07) is 0.193. The minimum absolute atomic E-state index is 0.193. The Labute approximate surface area is 101 Å². The van der Waals surface area contributed by atoms with Crippen LogP contribution in [0.2, 0.25) is 0 Å². The fraction of sp³-hybridized carbons (Fsp3) is 0.833. The van der Waals surface area contributed by atoms with Crippen molar-refractivity contribution in [3.8, 4) is 0 Å². The van der Waals surface area contributed by atoms with E-state index < -0.39 is 0 Å². The molecule has 0 aromatic carbocycles. The summed E-state index contributed by atoms with van der Waals surface area (Å²) < 4.78 is 10.6. The standard InChI is InChI=1S/C12H19N3O2/c13-10(8-1-2-8)7-11-14-12(15-17-11)9-3-5-16-6-4-9/h8-10H,1-7,13H2. The van der Waals surface area contributed by atoms with Crippen LogP contribution in [0.1, 0.15) is 43.3 Å². The van der Waals surface area contributed by atoms with Crippen molar-refractivity contribution in [3.05, 3.63) is 11.7 Å². The molecular weight excluding hydrogens is 218 g/mol. The van der Waals surface area contributed by atoms with Gasteiger partial charge in [-0.05, 0) is 31.6 Å². The van der Waals surface area contributed by atoms with Gasteiger partial charge in [-0.1, -0.05) is 5.16 Å². The van der Waals surface area contributed by atoms with Gasteiger partial charge in [-0.15, -0.1) is 0 Å². The third kappa shape index (κ3) is 2.66. The van der Waals surface area contributed by atoms with Crippen LogP contribution in [0.3, 0.4) is 0 Å². The molecule has 94 valence electrons. The maximum Gasteiger partial charge on any atom is 0.228 e. The molecule has 17 heavy (non-hydrogen) atoms. The topological polar surface area (TPSA) is 74.2 Å². The lowest BCUT2D eigenvalue weighted by Gasteiger charge is -2.18. The van der Waals surface area contributed by atoms with Crippen molar-refractivity contribution in [2.45, 2.75) is 44.1 Å². The van der Waals surface area contributed by atoms with Gasteiger partial charge in [-0.3, -0.25) is 0 Å². The molecule has 2 N–H and O–H groups in total. The predicted octanol–water partition coefficient (Wildman–Crippen LogP) is 1.24. The first-order valence-corrected chi connectivity index (χ1v) is 6.49. The molecule has 0 radical (unpaired) electrons. The summed E-state index contributed by atoms with van der Waals surface area (Å²) >= 11 is 0. The zero-order valence-corrected chi connectivity index (χ0v) is 9.97. The molecule has 1 aromatic heterocycles. The van der Waals surface area contributed by atoms with Gasteiger partial charge in [0.05, 0.1) is 0 Å². The van der Waals surface area contributed by atoms with Crippen molar-refractivity contribution in [2.24, 2.45) is 11.7 Å². The molecule has 1 aliphatic heterocycles. The van der Waals surface area contributed by atoms with E-state index >= 15 is 0 Å². The van der Waals surface area contributed by atoms with Crippen molar-refractivity contribution in [1.82, 2.24) is 10.1 Å². The van der Waals surface area contributed by atoms with Crippen LogP contribution >= 0.6 is 0 Å². The molecule has 0 amide bonds. The lowest BCUT2D eigenvalue weighted by Crippen LogP contribution is -2.25. The molecule has 2 fully saturated rings. The van der Waals surface area contributed by atoms with Gasteiger partial charge < -0.3 is 15.0 Å². The minimum atomic E-state index is 0.193. The second kappa shape index (κ2) is 4.74. The predicted molar refractivity (Wildman–Crippen MR) is 61.5 cm³/mol. The Morgan fingerprint density at radius 1 is 1.24 bits per heavy atom. The van der Waals surface area contributed by atoms with Crippen LogP contribution in [-0.2, 0) is 11.2 Å². The van der Waals surface area contributed by atoms with Crippen LogP contribution in [0.15, 0.2) is 4.52 Å². The maximum absolute atomic E-state index is 6.05. The molecule has 1 atom stereocenters. The van der Waals surface area contributed by atoms with Crippen LogP contribution < -0.4 is 5.73 Å². The van der Waals surface area contributed by atoms with Gasteiger partial charge >= 0.3 is 0 Å². The van der Waals surface area contributed by atoms with E-state index in [2.05, 4.69) is 10.1 Å². The highest BCUT2D eigenvalue weighted by molar-refractivity contribution is 4.99. The first-order chi connectivity index (χ1) is 8.33. The van der Waals surface area contributed by atoms with Gasteiger partial charge in [0.2, 0.25) is 5.89 Å². The summed E-state index contributed by atoms with van der Waals surface area (Å²) in [5.74, 6) is 2.61. The van der Waals surface area contributed by atoms with Crippen LogP contribution in [0.25, 0.3) is 0 Å². The summed E-state index contributed by atoms with van der Waals surface area (Å²) in [5, 5.41) is 4.08. The normalized spacial score (nSPS) is 23.8. The molecule has 1 saturated heterocycles. The van der Waals surface area contributed by atoms with Crippen molar-refractivity contribution >= 4 is 0 Å². The van der Waals surface area contributed by atoms with E-state index in [-0.39, 0.29) is 6.04 Å².